The summed E-state index contributed by atoms with van der Waals surface area (Å²) in [6.07, 6.45) is 1.46. The predicted molar refractivity (Wildman–Crippen MR) is 116 cm³/mol. The average Bonchev–Trinajstić information content (AvgIpc) is 2.78. The Morgan fingerprint density at radius 1 is 0.833 bits per heavy atom. The van der Waals surface area contributed by atoms with E-state index >= 15 is 0 Å². The molecule has 1 heterocycles. The molecule has 2 aromatic carbocycles. The van der Waals surface area contributed by atoms with Gasteiger partial charge in [0.25, 0.3) is 0 Å². The Morgan fingerprint density at radius 3 is 2.17 bits per heavy atom. The molecule has 2 aromatic rings. The first-order chi connectivity index (χ1) is 14.6. The molecule has 2 amide bonds. The van der Waals surface area contributed by atoms with Gasteiger partial charge in [-0.25, -0.2) is 4.39 Å². The molecular weight excluding hydrogens is 383 g/mol. The molecule has 0 saturated carbocycles. The van der Waals surface area contributed by atoms with Crippen molar-refractivity contribution in [2.24, 2.45) is 0 Å². The van der Waals surface area contributed by atoms with Crippen LogP contribution in [0, 0.1) is 5.82 Å². The van der Waals surface area contributed by atoms with E-state index in [1.54, 1.807) is 6.07 Å². The lowest BCUT2D eigenvalue weighted by Gasteiger charge is -2.36. The normalized spacial score (nSPS) is 14.4. The molecule has 1 saturated heterocycles. The first kappa shape index (κ1) is 21.8. The van der Waals surface area contributed by atoms with Crippen LogP contribution in [0.2, 0.25) is 0 Å². The molecule has 3 rings (SSSR count). The van der Waals surface area contributed by atoms with E-state index in [1.807, 2.05) is 42.5 Å². The summed E-state index contributed by atoms with van der Waals surface area (Å²) in [6.45, 7) is 4.97. The molecule has 30 heavy (non-hydrogen) atoms. The first-order valence-electron chi connectivity index (χ1n) is 10.5. The van der Waals surface area contributed by atoms with Crippen molar-refractivity contribution in [2.75, 3.05) is 50.7 Å². The van der Waals surface area contributed by atoms with Crippen LogP contribution in [0.5, 0.6) is 0 Å². The minimum atomic E-state index is -0.593. The quantitative estimate of drug-likeness (QED) is 0.513. The standard InChI is InChI=1S/C23H29FN4O2/c24-20-9-4-5-10-21(20)28-17-15-27(16-18-28)14-6-12-25-22(29)23(30)26-13-11-19-7-2-1-3-8-19/h1-5,7-10H,6,11-18H2,(H,25,29)(H,26,30). The third kappa shape index (κ3) is 6.56. The predicted octanol–water partition coefficient (Wildman–Crippen LogP) is 1.81. The third-order valence-electron chi connectivity index (χ3n) is 5.25. The highest BCUT2D eigenvalue weighted by Gasteiger charge is 2.19. The van der Waals surface area contributed by atoms with Crippen molar-refractivity contribution in [2.45, 2.75) is 12.8 Å². The van der Waals surface area contributed by atoms with Gasteiger partial charge in [-0.2, -0.15) is 0 Å². The zero-order chi connectivity index (χ0) is 21.2. The molecule has 0 radical (unpaired) electrons. The molecule has 160 valence electrons. The molecule has 0 unspecified atom stereocenters. The van der Waals surface area contributed by atoms with E-state index in [2.05, 4.69) is 20.4 Å². The molecule has 1 aliphatic heterocycles. The molecule has 6 nitrogen and oxygen atoms in total. The van der Waals surface area contributed by atoms with Crippen LogP contribution in [0.1, 0.15) is 12.0 Å². The Kier molecular flexibility index (Phi) is 8.20. The summed E-state index contributed by atoms with van der Waals surface area (Å²) in [4.78, 5) is 28.1. The second kappa shape index (κ2) is 11.3. The van der Waals surface area contributed by atoms with Crippen molar-refractivity contribution in [3.63, 3.8) is 0 Å². The molecule has 7 heteroatoms. The Labute approximate surface area is 177 Å². The van der Waals surface area contributed by atoms with Gasteiger partial charge in [-0.3, -0.25) is 14.5 Å². The van der Waals surface area contributed by atoms with E-state index in [0.29, 0.717) is 25.2 Å². The molecule has 1 fully saturated rings. The van der Waals surface area contributed by atoms with E-state index in [4.69, 9.17) is 0 Å². The van der Waals surface area contributed by atoms with Gasteiger partial charge >= 0.3 is 11.8 Å². The number of benzene rings is 2. The third-order valence-corrected chi connectivity index (χ3v) is 5.25. The fourth-order valence-electron chi connectivity index (χ4n) is 3.55. The van der Waals surface area contributed by atoms with Gasteiger partial charge in [0.1, 0.15) is 5.82 Å². The van der Waals surface area contributed by atoms with Gasteiger partial charge in [0.15, 0.2) is 0 Å². The van der Waals surface area contributed by atoms with Crippen LogP contribution in [-0.4, -0.2) is 62.5 Å². The van der Waals surface area contributed by atoms with E-state index in [9.17, 15) is 14.0 Å². The summed E-state index contributed by atoms with van der Waals surface area (Å²) < 4.78 is 13.9. The van der Waals surface area contributed by atoms with Crippen molar-refractivity contribution in [3.05, 3.63) is 66.0 Å². The number of amides is 2. The second-order valence-electron chi connectivity index (χ2n) is 7.38. The Hall–Kier alpha value is -2.93. The molecule has 0 spiro atoms. The second-order valence-corrected chi connectivity index (χ2v) is 7.38. The average molecular weight is 413 g/mol. The topological polar surface area (TPSA) is 64.7 Å². The van der Waals surface area contributed by atoms with Crippen LogP contribution in [-0.2, 0) is 16.0 Å². The Balaban J connectivity index is 1.26. The summed E-state index contributed by atoms with van der Waals surface area (Å²) in [5.41, 5.74) is 1.77. The van der Waals surface area contributed by atoms with Crippen molar-refractivity contribution >= 4 is 17.5 Å². The number of hydrogen-bond donors (Lipinski definition) is 2. The van der Waals surface area contributed by atoms with Crippen LogP contribution in [0.15, 0.2) is 54.6 Å². The highest BCUT2D eigenvalue weighted by atomic mass is 19.1. The first-order valence-corrected chi connectivity index (χ1v) is 10.5. The van der Waals surface area contributed by atoms with Crippen LogP contribution in [0.25, 0.3) is 0 Å². The van der Waals surface area contributed by atoms with Crippen LogP contribution in [0.4, 0.5) is 10.1 Å². The zero-order valence-electron chi connectivity index (χ0n) is 17.1. The fourth-order valence-corrected chi connectivity index (χ4v) is 3.55. The molecule has 1 aliphatic rings. The highest BCUT2D eigenvalue weighted by molar-refractivity contribution is 6.35. The summed E-state index contributed by atoms with van der Waals surface area (Å²) >= 11 is 0. The van der Waals surface area contributed by atoms with Gasteiger partial charge in [-0.1, -0.05) is 42.5 Å². The number of para-hydroxylation sites is 1. The number of hydrogen-bond acceptors (Lipinski definition) is 4. The lowest BCUT2D eigenvalue weighted by Crippen LogP contribution is -2.47. The van der Waals surface area contributed by atoms with Crippen molar-refractivity contribution < 1.29 is 14.0 Å². The van der Waals surface area contributed by atoms with E-state index in [0.717, 1.165) is 44.7 Å². The van der Waals surface area contributed by atoms with Gasteiger partial charge < -0.3 is 15.5 Å². The summed E-state index contributed by atoms with van der Waals surface area (Å²) in [5.74, 6) is -1.37. The smallest absolute Gasteiger partial charge is 0.309 e. The number of nitrogens with zero attached hydrogens (tertiary/aromatic N) is 2. The minimum Gasteiger partial charge on any atom is -0.367 e. The van der Waals surface area contributed by atoms with Crippen LogP contribution < -0.4 is 15.5 Å². The lowest BCUT2D eigenvalue weighted by molar-refractivity contribution is -0.139. The number of anilines is 1. The molecule has 2 N–H and O–H groups in total. The molecular formula is C23H29FN4O2. The van der Waals surface area contributed by atoms with Crippen molar-refractivity contribution in [1.82, 2.24) is 15.5 Å². The van der Waals surface area contributed by atoms with Gasteiger partial charge in [-0.15, -0.1) is 0 Å². The number of carbonyl (C=O) groups excluding carboxylic acids is 2. The minimum absolute atomic E-state index is 0.185. The number of nitrogens with one attached hydrogen (secondary N) is 2. The zero-order valence-corrected chi connectivity index (χ0v) is 17.1. The molecule has 0 aromatic heterocycles. The molecule has 0 atom stereocenters. The van der Waals surface area contributed by atoms with Crippen molar-refractivity contribution in [1.29, 1.82) is 0 Å². The maximum absolute atomic E-state index is 13.9. The maximum atomic E-state index is 13.9. The van der Waals surface area contributed by atoms with Crippen LogP contribution >= 0.6 is 0 Å². The summed E-state index contributed by atoms with van der Waals surface area (Å²) in [6, 6.07) is 16.7. The van der Waals surface area contributed by atoms with E-state index in [1.165, 1.54) is 6.07 Å². The number of halogens is 1. The number of rotatable bonds is 8. The largest absolute Gasteiger partial charge is 0.367 e. The van der Waals surface area contributed by atoms with Crippen molar-refractivity contribution in [3.8, 4) is 0 Å². The van der Waals surface area contributed by atoms with Gasteiger partial charge in [0, 0.05) is 39.3 Å². The monoisotopic (exact) mass is 412 g/mol. The Morgan fingerprint density at radius 2 is 1.47 bits per heavy atom. The lowest BCUT2D eigenvalue weighted by atomic mass is 10.1. The summed E-state index contributed by atoms with van der Waals surface area (Å²) in [7, 11) is 0. The Bertz CT molecular complexity index is 823. The molecule has 0 aliphatic carbocycles. The summed E-state index contributed by atoms with van der Waals surface area (Å²) in [5, 5.41) is 5.32. The molecule has 0 bridgehead atoms. The van der Waals surface area contributed by atoms with Gasteiger partial charge in [0.2, 0.25) is 0 Å². The number of piperazine rings is 1. The van der Waals surface area contributed by atoms with Gasteiger partial charge in [0.05, 0.1) is 5.69 Å². The SMILES string of the molecule is O=C(NCCCN1CCN(c2ccccc2F)CC1)C(=O)NCCc1ccccc1. The maximum Gasteiger partial charge on any atom is 0.309 e. The van der Waals surface area contributed by atoms with Gasteiger partial charge in [-0.05, 0) is 37.1 Å². The van der Waals surface area contributed by atoms with Crippen LogP contribution in [0.3, 0.4) is 0 Å². The highest BCUT2D eigenvalue weighted by Crippen LogP contribution is 2.20. The number of carbonyl (C=O) groups is 2. The van der Waals surface area contributed by atoms with E-state index < -0.39 is 11.8 Å². The van der Waals surface area contributed by atoms with E-state index in [-0.39, 0.29) is 5.82 Å². The fraction of sp³-hybridized carbons (Fsp3) is 0.391.